The molecule has 17 nitrogen and oxygen atoms in total. The number of pyridine rings is 1. The number of hydrogen-bond donors (Lipinski definition) is 5. The van der Waals surface area contributed by atoms with Gasteiger partial charge in [0.15, 0.2) is 6.10 Å². The van der Waals surface area contributed by atoms with E-state index in [1.54, 1.807) is 48.5 Å². The molecule has 0 aliphatic carbocycles. The van der Waals surface area contributed by atoms with Gasteiger partial charge in [0.2, 0.25) is 17.7 Å². The molecule has 0 fully saturated rings. The van der Waals surface area contributed by atoms with Crippen molar-refractivity contribution >= 4 is 52.9 Å². The summed E-state index contributed by atoms with van der Waals surface area (Å²) < 4.78 is 22.3. The fourth-order valence-corrected chi connectivity index (χ4v) is 5.83. The van der Waals surface area contributed by atoms with Crippen LogP contribution in [-0.2, 0) is 34.4 Å². The molecule has 4 aromatic rings. The minimum Gasteiger partial charge on any atom is -0.490 e. The summed E-state index contributed by atoms with van der Waals surface area (Å²) >= 11 is 7.18. The van der Waals surface area contributed by atoms with Gasteiger partial charge < -0.3 is 46.5 Å². The number of nitrogens with zero attached hydrogens (tertiary/aromatic N) is 4. The Balaban J connectivity index is 1.50. The zero-order valence-corrected chi connectivity index (χ0v) is 32.8. The van der Waals surface area contributed by atoms with Gasteiger partial charge in [-0.3, -0.25) is 9.59 Å². The number of aromatic nitrogens is 2. The molecule has 0 radical (unpaired) electrons. The zero-order chi connectivity index (χ0) is 41.8. The van der Waals surface area contributed by atoms with E-state index in [1.165, 1.54) is 45.7 Å². The highest BCUT2D eigenvalue weighted by atomic mass is 35.5. The second kappa shape index (κ2) is 20.1. The van der Waals surface area contributed by atoms with Crippen molar-refractivity contribution in [2.24, 2.45) is 11.5 Å². The van der Waals surface area contributed by atoms with E-state index in [-0.39, 0.29) is 45.6 Å². The second-order valence-corrected chi connectivity index (χ2v) is 14.1. The number of halogens is 1. The average Bonchev–Trinajstić information content (AvgIpc) is 3.66. The Morgan fingerprint density at radius 1 is 0.842 bits per heavy atom. The third-order valence-corrected chi connectivity index (χ3v) is 9.20. The smallest absolute Gasteiger partial charge is 0.328 e. The number of carbonyl (C=O) groups is 4. The lowest BCUT2D eigenvalue weighted by molar-refractivity contribution is -0.163. The number of carbonyl (C=O) groups excluding carboxylic acids is 4. The summed E-state index contributed by atoms with van der Waals surface area (Å²) in [5.74, 6) is -1.98. The van der Waals surface area contributed by atoms with Gasteiger partial charge >= 0.3 is 11.9 Å². The molecule has 0 aliphatic rings. The summed E-state index contributed by atoms with van der Waals surface area (Å²) in [5.41, 5.74) is 19.5. The Morgan fingerprint density at radius 2 is 1.42 bits per heavy atom. The van der Waals surface area contributed by atoms with E-state index in [1.807, 2.05) is 6.07 Å². The van der Waals surface area contributed by atoms with E-state index >= 15 is 0 Å². The van der Waals surface area contributed by atoms with Crippen LogP contribution in [0.4, 0.5) is 5.82 Å². The molecule has 0 unspecified atom stereocenters. The van der Waals surface area contributed by atoms with Crippen molar-refractivity contribution in [2.45, 2.75) is 68.7 Å². The molecular formula is C38H40ClN9O8S. The van der Waals surface area contributed by atoms with E-state index in [0.717, 1.165) is 5.56 Å². The Labute approximate surface area is 337 Å². The number of rotatable bonds is 17. The standard InChI is InChI=1S/C38H40ClN9O8S/c1-19(42)33(49)45-21(3)37(51)55-17-28(56-38(52)22(4)46-34(50)20(2)43)16-53-27-11-7-23(8-12-27)31-29(13-40)32(44)48-36(30(31)14-41)57-18-26-15-54-35(47-26)24-5-9-25(39)10-6-24/h5-12,15,19-22,28H,16-18,42-43H2,1-4H3,(H2,44,48)(H,45,49)(H,46,50)/t19-,20-,21-,22-,28+/m1/s1. The van der Waals surface area contributed by atoms with Crippen LogP contribution in [0.5, 0.6) is 5.75 Å². The first kappa shape index (κ1) is 43.5. The van der Waals surface area contributed by atoms with Crippen LogP contribution in [0.15, 0.2) is 64.2 Å². The fraction of sp³-hybridized carbons (Fsp3) is 0.316. The summed E-state index contributed by atoms with van der Waals surface area (Å²) in [6.45, 7) is 4.90. The highest BCUT2D eigenvalue weighted by Crippen LogP contribution is 2.37. The largest absolute Gasteiger partial charge is 0.490 e. The molecule has 0 bridgehead atoms. The molecule has 2 heterocycles. The van der Waals surface area contributed by atoms with Gasteiger partial charge in [-0.15, -0.1) is 0 Å². The number of benzene rings is 2. The molecule has 2 amide bonds. The number of anilines is 1. The second-order valence-electron chi connectivity index (χ2n) is 12.7. The van der Waals surface area contributed by atoms with Crippen molar-refractivity contribution in [1.82, 2.24) is 20.6 Å². The molecule has 298 valence electrons. The topological polar surface area (TPSA) is 285 Å². The van der Waals surface area contributed by atoms with Gasteiger partial charge in [0.05, 0.1) is 23.3 Å². The molecule has 0 aliphatic heterocycles. The Kier molecular flexibility index (Phi) is 15.4. The quantitative estimate of drug-likeness (QED) is 0.0755. The molecular weight excluding hydrogens is 778 g/mol. The number of oxazole rings is 1. The van der Waals surface area contributed by atoms with Crippen molar-refractivity contribution in [1.29, 1.82) is 10.5 Å². The predicted octanol–water partition coefficient (Wildman–Crippen LogP) is 3.21. The van der Waals surface area contributed by atoms with Gasteiger partial charge in [0, 0.05) is 21.9 Å². The van der Waals surface area contributed by atoms with Crippen molar-refractivity contribution in [2.75, 3.05) is 18.9 Å². The summed E-state index contributed by atoms with van der Waals surface area (Å²) in [6, 6.07) is 13.6. The Hall–Kier alpha value is -6.18. The minimum absolute atomic E-state index is 0.00130. The van der Waals surface area contributed by atoms with Gasteiger partial charge in [-0.25, -0.2) is 19.6 Å². The maximum Gasteiger partial charge on any atom is 0.328 e. The lowest BCUT2D eigenvalue weighted by Gasteiger charge is -2.22. The lowest BCUT2D eigenvalue weighted by Crippen LogP contribution is -2.48. The van der Waals surface area contributed by atoms with Crippen LogP contribution in [0.2, 0.25) is 5.02 Å². The normalized spacial score (nSPS) is 13.4. The number of esters is 2. The van der Waals surface area contributed by atoms with Crippen LogP contribution in [0.3, 0.4) is 0 Å². The molecule has 57 heavy (non-hydrogen) atoms. The number of nitriles is 2. The maximum atomic E-state index is 12.9. The van der Waals surface area contributed by atoms with Crippen LogP contribution >= 0.6 is 23.4 Å². The minimum atomic E-state index is -1.17. The molecule has 0 saturated heterocycles. The van der Waals surface area contributed by atoms with Crippen molar-refractivity contribution in [3.8, 4) is 40.5 Å². The number of thioether (sulfide) groups is 1. The van der Waals surface area contributed by atoms with Crippen LogP contribution in [0, 0.1) is 22.7 Å². The molecule has 5 atom stereocenters. The Bertz CT molecular complexity index is 2170. The van der Waals surface area contributed by atoms with Gasteiger partial charge in [-0.05, 0) is 69.7 Å². The summed E-state index contributed by atoms with van der Waals surface area (Å²) in [7, 11) is 0. The monoisotopic (exact) mass is 817 g/mol. The van der Waals surface area contributed by atoms with E-state index in [9.17, 15) is 29.7 Å². The van der Waals surface area contributed by atoms with Crippen LogP contribution in [0.1, 0.15) is 44.5 Å². The van der Waals surface area contributed by atoms with Gasteiger partial charge in [0.1, 0.15) is 65.9 Å². The first-order valence-electron chi connectivity index (χ1n) is 17.3. The number of nitrogens with one attached hydrogen (secondary N) is 2. The number of hydrogen-bond acceptors (Lipinski definition) is 16. The summed E-state index contributed by atoms with van der Waals surface area (Å²) in [5, 5.41) is 26.0. The van der Waals surface area contributed by atoms with Crippen LogP contribution in [-0.4, -0.2) is 77.2 Å². The van der Waals surface area contributed by atoms with E-state index in [2.05, 4.69) is 26.7 Å². The lowest BCUT2D eigenvalue weighted by atomic mass is 9.97. The van der Waals surface area contributed by atoms with Gasteiger partial charge in [-0.1, -0.05) is 35.5 Å². The van der Waals surface area contributed by atoms with Crippen molar-refractivity contribution in [3.63, 3.8) is 0 Å². The molecule has 0 spiro atoms. The molecule has 2 aromatic carbocycles. The Morgan fingerprint density at radius 3 is 2.00 bits per heavy atom. The predicted molar refractivity (Wildman–Crippen MR) is 209 cm³/mol. The number of ether oxygens (including phenoxy) is 3. The first-order chi connectivity index (χ1) is 27.1. The first-order valence-corrected chi connectivity index (χ1v) is 18.7. The molecule has 19 heteroatoms. The third kappa shape index (κ3) is 11.9. The zero-order valence-electron chi connectivity index (χ0n) is 31.3. The maximum absolute atomic E-state index is 12.9. The van der Waals surface area contributed by atoms with E-state index in [0.29, 0.717) is 22.2 Å². The highest BCUT2D eigenvalue weighted by Gasteiger charge is 2.27. The van der Waals surface area contributed by atoms with Gasteiger partial charge in [0.25, 0.3) is 0 Å². The number of nitrogens with two attached hydrogens (primary N) is 3. The van der Waals surface area contributed by atoms with Crippen LogP contribution in [0.25, 0.3) is 22.6 Å². The molecule has 8 N–H and O–H groups in total. The fourth-order valence-electron chi connectivity index (χ4n) is 4.83. The molecule has 0 saturated carbocycles. The molecule has 4 rings (SSSR count). The highest BCUT2D eigenvalue weighted by molar-refractivity contribution is 7.98. The third-order valence-electron chi connectivity index (χ3n) is 7.94. The molecule has 2 aromatic heterocycles. The van der Waals surface area contributed by atoms with Gasteiger partial charge in [-0.2, -0.15) is 10.5 Å². The van der Waals surface area contributed by atoms with Crippen LogP contribution < -0.4 is 32.6 Å². The summed E-state index contributed by atoms with van der Waals surface area (Å²) in [4.78, 5) is 58.3. The van der Waals surface area contributed by atoms with Crippen molar-refractivity contribution < 1.29 is 37.8 Å². The average molecular weight is 818 g/mol. The van der Waals surface area contributed by atoms with Crippen molar-refractivity contribution in [3.05, 3.63) is 76.6 Å². The number of amides is 2. The summed E-state index contributed by atoms with van der Waals surface area (Å²) in [6.07, 6.45) is 0.323. The van der Waals surface area contributed by atoms with E-state index < -0.39 is 60.6 Å². The van der Waals surface area contributed by atoms with E-state index in [4.69, 9.17) is 47.4 Å². The number of nitrogen functional groups attached to an aromatic ring is 1. The SMILES string of the molecule is C[C@@H](N)C(=O)N[C@H](C)C(=O)OC[C@H](COc1ccc(-c2c(C#N)c(N)nc(SCc3coc(-c4ccc(Cl)cc4)n3)c2C#N)cc1)OC(=O)[C@@H](C)NC(=O)[C@@H](C)N.